The molecule has 0 aliphatic rings. The van der Waals surface area contributed by atoms with Gasteiger partial charge < -0.3 is 21.8 Å². The van der Waals surface area contributed by atoms with E-state index in [0.717, 1.165) is 0 Å². The number of nitro groups is 4. The van der Waals surface area contributed by atoms with Crippen molar-refractivity contribution in [1.29, 1.82) is 0 Å². The zero-order chi connectivity index (χ0) is 33.4. The van der Waals surface area contributed by atoms with E-state index < -0.39 is 55.3 Å². The molecule has 0 unspecified atom stereocenters. The summed E-state index contributed by atoms with van der Waals surface area (Å²) < 4.78 is 0. The molecule has 6 N–H and O–H groups in total. The van der Waals surface area contributed by atoms with Crippen molar-refractivity contribution in [2.75, 3.05) is 40.8 Å². The molecule has 234 valence electrons. The van der Waals surface area contributed by atoms with Gasteiger partial charge in [-0.2, -0.15) is 0 Å². The van der Waals surface area contributed by atoms with Crippen LogP contribution in [0.2, 0.25) is 0 Å². The first-order valence-electron chi connectivity index (χ1n) is 10.9. The predicted octanol–water partition coefficient (Wildman–Crippen LogP) is -2.28. The van der Waals surface area contributed by atoms with Gasteiger partial charge in [0, 0.05) is 20.5 Å². The van der Waals surface area contributed by atoms with Gasteiger partial charge >= 0.3 is 25.1 Å². The van der Waals surface area contributed by atoms with Crippen molar-refractivity contribution < 1.29 is 47.9 Å². The van der Waals surface area contributed by atoms with E-state index >= 15 is 0 Å². The van der Waals surface area contributed by atoms with Gasteiger partial charge in [-0.05, 0) is 18.9 Å². The van der Waals surface area contributed by atoms with E-state index in [1.807, 2.05) is 19.3 Å². The molecule has 23 nitrogen and oxygen atoms in total. The highest BCUT2D eigenvalue weighted by Crippen LogP contribution is 1.96. The molecule has 0 aromatic heterocycles. The Kier molecular flexibility index (Phi) is 40.1. The normalized spacial score (nSPS) is 7.60. The van der Waals surface area contributed by atoms with Gasteiger partial charge in [-0.3, -0.25) is 29.3 Å². The van der Waals surface area contributed by atoms with Gasteiger partial charge in [0.05, 0.1) is 26.2 Å². The van der Waals surface area contributed by atoms with Crippen LogP contribution in [0.4, 0.5) is 0 Å². The van der Waals surface area contributed by atoms with Crippen LogP contribution in [0.25, 0.3) is 5.43 Å². The minimum atomic E-state index is -1.77. The van der Waals surface area contributed by atoms with Crippen molar-refractivity contribution in [2.45, 2.75) is 34.6 Å². The third-order valence-corrected chi connectivity index (χ3v) is 2.60. The summed E-state index contributed by atoms with van der Waals surface area (Å²) in [6.07, 6.45) is 4.60. The molecular weight excluding hydrogens is 550 g/mol. The number of hydrogen-bond donors (Lipinski definition) is 4. The number of carbonyl (C=O) groups excluding carboxylic acids is 4. The molecule has 0 aromatic rings. The highest BCUT2D eigenvalue weighted by molar-refractivity contribution is 6.35. The Hall–Kier alpha value is -5.40. The number of carbonyl (C=O) groups is 4. The first-order valence-corrected chi connectivity index (χ1v) is 10.9. The van der Waals surface area contributed by atoms with Crippen LogP contribution in [0.3, 0.4) is 0 Å². The highest BCUT2D eigenvalue weighted by atomic mass is 16.7. The van der Waals surface area contributed by atoms with Gasteiger partial charge in [0.15, 0.2) is 15.1 Å². The number of likely N-dealkylation sites (N-methyl/N-ethyl adjacent to an activating group) is 3. The van der Waals surface area contributed by atoms with Crippen molar-refractivity contribution in [2.24, 2.45) is 0 Å². The molecule has 23 heteroatoms. The minimum Gasteiger partial charge on any atom is -0.379 e. The SMILES string of the molecule is C#CN(C(=O)C(=O)N(CC)[N+](=O)[O-])[N+](=O)[O-].CC.CCN[N+](=O)[O-].CC[N-][N+](=O)[O-].CNC(=O)C(=O)NC.C[NH3+].[H+].[HH]. The second-order valence-electron chi connectivity index (χ2n) is 4.87. The predicted molar refractivity (Wildman–Crippen MR) is 140 cm³/mol. The number of nitrogens with zero attached hydrogens (tertiary/aromatic N) is 7. The number of quaternary nitrogens is 1. The molecule has 0 atom stereocenters. The zero-order valence-electron chi connectivity index (χ0n) is 24.4. The molecule has 0 aliphatic heterocycles. The summed E-state index contributed by atoms with van der Waals surface area (Å²) in [6.45, 7) is 8.72. The maximum absolute atomic E-state index is 11.1. The Bertz CT molecular complexity index is 815. The number of rotatable bonds is 7. The molecular formula is C17H40N11O12+. The smallest absolute Gasteiger partial charge is 0.379 e. The van der Waals surface area contributed by atoms with E-state index in [0.29, 0.717) is 6.54 Å². The maximum atomic E-state index is 11.1. The molecule has 4 amide bonds. The van der Waals surface area contributed by atoms with E-state index in [1.54, 1.807) is 20.9 Å². The fraction of sp³-hybridized carbons (Fsp3) is 0.647. The topological polar surface area (TPSA) is 325 Å². The monoisotopic (exact) mass is 590 g/mol. The van der Waals surface area contributed by atoms with Gasteiger partial charge in [0.2, 0.25) is 0 Å². The van der Waals surface area contributed by atoms with Crippen LogP contribution in [-0.4, -0.2) is 94.6 Å². The fourth-order valence-electron chi connectivity index (χ4n) is 1.19. The largest absolute Gasteiger partial charge is 1.00 e. The van der Waals surface area contributed by atoms with Crippen molar-refractivity contribution >= 4 is 23.6 Å². The number of terminal acetylenes is 1. The van der Waals surface area contributed by atoms with E-state index in [4.69, 9.17) is 0 Å². The summed E-state index contributed by atoms with van der Waals surface area (Å²) >= 11 is 0. The number of hydrazine groups is 3. The summed E-state index contributed by atoms with van der Waals surface area (Å²) in [6, 6.07) is 1.31. The number of nitrogens with one attached hydrogen (secondary N) is 3. The molecule has 0 rings (SSSR count). The molecule has 0 saturated carbocycles. The molecule has 0 bridgehead atoms. The lowest BCUT2D eigenvalue weighted by molar-refractivity contribution is -0.635. The molecule has 0 fully saturated rings. The van der Waals surface area contributed by atoms with Crippen molar-refractivity contribution in [1.82, 2.24) is 26.1 Å². The van der Waals surface area contributed by atoms with Crippen LogP contribution in [-0.2, 0) is 19.2 Å². The Balaban J connectivity index is -0.0000000629. The Morgan fingerprint density at radius 3 is 1.43 bits per heavy atom. The quantitative estimate of drug-likeness (QED) is 0.0798. The zero-order valence-corrected chi connectivity index (χ0v) is 23.4. The van der Waals surface area contributed by atoms with Gasteiger partial charge in [0.25, 0.3) is 0 Å². The lowest BCUT2D eigenvalue weighted by Crippen LogP contribution is -2.47. The van der Waals surface area contributed by atoms with Crippen molar-refractivity contribution in [3.05, 3.63) is 45.9 Å². The van der Waals surface area contributed by atoms with Crippen LogP contribution >= 0.6 is 0 Å². The van der Waals surface area contributed by atoms with E-state index in [9.17, 15) is 59.6 Å². The Morgan fingerprint density at radius 1 is 0.900 bits per heavy atom. The molecule has 0 heterocycles. The summed E-state index contributed by atoms with van der Waals surface area (Å²) in [7, 11) is 4.55. The third kappa shape index (κ3) is 30.6. The fourth-order valence-corrected chi connectivity index (χ4v) is 1.19. The number of amides is 4. The molecule has 0 spiro atoms. The highest BCUT2D eigenvalue weighted by Gasteiger charge is 2.38. The summed E-state index contributed by atoms with van der Waals surface area (Å²) in [5, 5.41) is 39.0. The van der Waals surface area contributed by atoms with Gasteiger partial charge in [-0.25, -0.2) is 30.3 Å². The first kappa shape index (κ1) is 47.8. The summed E-state index contributed by atoms with van der Waals surface area (Å²) in [5.74, 6) is -4.69. The standard InChI is InChI=1S/C6H6N4O6.C4H8N2O2.C2H6N2O2.C2H5N2O2.C2H6.CH5N.H2/c1-3-7(9(13)14)5(11)6(12)8(4-2)10(15)16;1-5-3(7)4(8)6-2;2*1-2-3-4(5)6;2*1-2;/h1H,4H2,2H3;1-2H3,(H,5,7)(H,6,8);3H,2H2,1H3;2H2,1H3;1-2H3;2H2,1H3;1H/q;;;-1;;;/p+2. The van der Waals surface area contributed by atoms with Crippen molar-refractivity contribution in [3.63, 3.8) is 0 Å². The van der Waals surface area contributed by atoms with Crippen LogP contribution in [0.1, 0.15) is 37.5 Å². The third-order valence-electron chi connectivity index (χ3n) is 2.60. The number of hydrogen-bond acceptors (Lipinski definition) is 12. The average molecular weight is 591 g/mol. The maximum Gasteiger partial charge on any atom is 1.00 e. The molecule has 0 aromatic carbocycles. The Morgan fingerprint density at radius 2 is 1.30 bits per heavy atom. The van der Waals surface area contributed by atoms with Gasteiger partial charge in [-0.1, -0.05) is 38.7 Å². The second kappa shape index (κ2) is 33.6. The summed E-state index contributed by atoms with van der Waals surface area (Å²) in [5.41, 5.74) is 8.03. The second-order valence-corrected chi connectivity index (χ2v) is 4.87. The van der Waals surface area contributed by atoms with Gasteiger partial charge in [-0.15, -0.1) is 5.43 Å². The lowest BCUT2D eigenvalue weighted by Gasteiger charge is -2.09. The van der Waals surface area contributed by atoms with Crippen LogP contribution in [0.15, 0.2) is 0 Å². The molecule has 40 heavy (non-hydrogen) atoms. The molecule has 0 aliphatic carbocycles. The molecule has 0 saturated heterocycles. The van der Waals surface area contributed by atoms with E-state index in [1.165, 1.54) is 27.1 Å². The van der Waals surface area contributed by atoms with Crippen molar-refractivity contribution in [3.8, 4) is 12.5 Å². The van der Waals surface area contributed by atoms with Crippen LogP contribution in [0.5, 0.6) is 0 Å². The van der Waals surface area contributed by atoms with Crippen LogP contribution < -0.4 is 21.8 Å². The Labute approximate surface area is 232 Å². The van der Waals surface area contributed by atoms with E-state index in [-0.39, 0.29) is 14.4 Å². The van der Waals surface area contributed by atoms with E-state index in [2.05, 4.69) is 28.2 Å². The minimum absolute atomic E-state index is 0. The van der Waals surface area contributed by atoms with Crippen LogP contribution in [0, 0.1) is 52.9 Å². The molecule has 0 radical (unpaired) electrons. The lowest BCUT2D eigenvalue weighted by atomic mass is 10.5. The average Bonchev–Trinajstić information content (AvgIpc) is 2.91. The van der Waals surface area contributed by atoms with Gasteiger partial charge in [0.1, 0.15) is 0 Å². The summed E-state index contributed by atoms with van der Waals surface area (Å²) in [4.78, 5) is 81.6. The first-order chi connectivity index (χ1) is 18.6.